The van der Waals surface area contributed by atoms with E-state index in [4.69, 9.17) is 14.6 Å². The van der Waals surface area contributed by atoms with E-state index in [9.17, 15) is 9.59 Å². The Bertz CT molecular complexity index is 335. The van der Waals surface area contributed by atoms with Crippen LogP contribution in [0.3, 0.4) is 0 Å². The summed E-state index contributed by atoms with van der Waals surface area (Å²) in [6, 6.07) is -0.702. The fraction of sp³-hybridized carbons (Fsp3) is 0.857. The van der Waals surface area contributed by atoms with Crippen molar-refractivity contribution in [1.29, 1.82) is 0 Å². The molecular formula is C14H31B2N3O5. The van der Waals surface area contributed by atoms with E-state index in [2.05, 4.69) is 15.4 Å². The number of methoxy groups -OCH3 is 2. The van der Waals surface area contributed by atoms with Crippen LogP contribution in [0.4, 0.5) is 0 Å². The van der Waals surface area contributed by atoms with Gasteiger partial charge in [-0.2, -0.15) is 0 Å². The molecule has 2 unspecified atom stereocenters. The lowest BCUT2D eigenvalue weighted by atomic mass is 10.1. The Hall–Kier alpha value is -1.09. The average Bonchev–Trinajstić information content (AvgIpc) is 2.61. The van der Waals surface area contributed by atoms with E-state index in [-0.39, 0.29) is 30.6 Å². The molecule has 0 saturated heterocycles. The SMILES string of the molecule is BNC(CCN(CCCCO)CCC(NB)C(=O)OC)C(=O)OC. The summed E-state index contributed by atoms with van der Waals surface area (Å²) in [5, 5.41) is 14.8. The first-order valence-corrected chi connectivity index (χ1v) is 8.37. The van der Waals surface area contributed by atoms with Gasteiger partial charge in [0.25, 0.3) is 0 Å². The third-order valence-corrected chi connectivity index (χ3v) is 4.02. The quantitative estimate of drug-likeness (QED) is 0.177. The van der Waals surface area contributed by atoms with Gasteiger partial charge in [-0.1, -0.05) is 0 Å². The summed E-state index contributed by atoms with van der Waals surface area (Å²) in [6.45, 7) is 2.36. The van der Waals surface area contributed by atoms with Gasteiger partial charge in [0, 0.05) is 19.7 Å². The minimum Gasteiger partial charge on any atom is -0.468 e. The maximum absolute atomic E-state index is 11.6. The summed E-state index contributed by atoms with van der Waals surface area (Å²) < 4.78 is 9.54. The second-order valence-corrected chi connectivity index (χ2v) is 5.58. The van der Waals surface area contributed by atoms with Crippen molar-refractivity contribution in [1.82, 2.24) is 15.4 Å². The molecule has 0 bridgehead atoms. The summed E-state index contributed by atoms with van der Waals surface area (Å²) in [6.07, 6.45) is 2.83. The van der Waals surface area contributed by atoms with E-state index >= 15 is 0 Å². The third-order valence-electron chi connectivity index (χ3n) is 4.02. The van der Waals surface area contributed by atoms with Crippen molar-refractivity contribution in [2.24, 2.45) is 0 Å². The molecule has 0 aromatic rings. The van der Waals surface area contributed by atoms with Crippen molar-refractivity contribution in [3.63, 3.8) is 0 Å². The fourth-order valence-electron chi connectivity index (χ4n) is 2.45. The Kier molecular flexibility index (Phi) is 13.6. The van der Waals surface area contributed by atoms with Gasteiger partial charge >= 0.3 is 11.9 Å². The number of ether oxygens (including phenoxy) is 2. The van der Waals surface area contributed by atoms with Crippen molar-refractivity contribution < 1.29 is 24.2 Å². The van der Waals surface area contributed by atoms with Crippen LogP contribution in [0, 0.1) is 0 Å². The normalized spacial score (nSPS) is 13.5. The van der Waals surface area contributed by atoms with Gasteiger partial charge in [-0.15, -0.1) is 0 Å². The molecule has 0 saturated carbocycles. The molecule has 0 aliphatic carbocycles. The molecule has 24 heavy (non-hydrogen) atoms. The van der Waals surface area contributed by atoms with Crippen LogP contribution in [0.15, 0.2) is 0 Å². The zero-order valence-corrected chi connectivity index (χ0v) is 15.3. The monoisotopic (exact) mass is 343 g/mol. The summed E-state index contributed by atoms with van der Waals surface area (Å²) in [4.78, 5) is 25.5. The van der Waals surface area contributed by atoms with E-state index < -0.39 is 0 Å². The van der Waals surface area contributed by atoms with E-state index in [1.165, 1.54) is 14.2 Å². The lowest BCUT2D eigenvalue weighted by molar-refractivity contribution is -0.143. The van der Waals surface area contributed by atoms with Crippen LogP contribution in [0.1, 0.15) is 25.7 Å². The molecule has 0 spiro atoms. The fourth-order valence-corrected chi connectivity index (χ4v) is 2.45. The highest BCUT2D eigenvalue weighted by molar-refractivity contribution is 6.06. The smallest absolute Gasteiger partial charge is 0.321 e. The Labute approximate surface area is 146 Å². The molecule has 8 nitrogen and oxygen atoms in total. The summed E-state index contributed by atoms with van der Waals surface area (Å²) >= 11 is 0. The number of carbonyl (C=O) groups is 2. The summed E-state index contributed by atoms with van der Waals surface area (Å²) in [7, 11) is 6.21. The zero-order chi connectivity index (χ0) is 18.4. The van der Waals surface area contributed by atoms with Gasteiger partial charge in [-0.3, -0.25) is 9.59 Å². The van der Waals surface area contributed by atoms with Crippen molar-refractivity contribution in [2.45, 2.75) is 37.8 Å². The molecule has 10 heteroatoms. The van der Waals surface area contributed by atoms with Gasteiger partial charge in [-0.25, -0.2) is 0 Å². The van der Waals surface area contributed by atoms with Crippen LogP contribution < -0.4 is 10.5 Å². The van der Waals surface area contributed by atoms with Crippen LogP contribution in [-0.4, -0.2) is 90.5 Å². The van der Waals surface area contributed by atoms with E-state index in [0.29, 0.717) is 25.9 Å². The first kappa shape index (κ1) is 22.9. The Morgan fingerprint density at radius 3 is 1.75 bits per heavy atom. The highest BCUT2D eigenvalue weighted by Crippen LogP contribution is 2.05. The van der Waals surface area contributed by atoms with Crippen LogP contribution in [0.25, 0.3) is 0 Å². The Morgan fingerprint density at radius 1 is 0.958 bits per heavy atom. The molecule has 0 aliphatic heterocycles. The number of aliphatic hydroxyl groups is 1. The van der Waals surface area contributed by atoms with Gasteiger partial charge in [0.1, 0.15) is 0 Å². The van der Waals surface area contributed by atoms with Crippen molar-refractivity contribution >= 4 is 27.9 Å². The van der Waals surface area contributed by atoms with Gasteiger partial charge in [0.15, 0.2) is 16.0 Å². The minimum atomic E-state index is -0.351. The summed E-state index contributed by atoms with van der Waals surface area (Å²) in [5.74, 6) is -0.564. The number of nitrogens with one attached hydrogen (secondary N) is 2. The maximum Gasteiger partial charge on any atom is 0.321 e. The van der Waals surface area contributed by atoms with Crippen LogP contribution in [0.5, 0.6) is 0 Å². The largest absolute Gasteiger partial charge is 0.468 e. The second-order valence-electron chi connectivity index (χ2n) is 5.58. The molecule has 0 aromatic carbocycles. The third kappa shape index (κ3) is 9.27. The predicted molar refractivity (Wildman–Crippen MR) is 97.0 cm³/mol. The van der Waals surface area contributed by atoms with E-state index in [1.54, 1.807) is 16.0 Å². The number of esters is 2. The molecule has 0 rings (SSSR count). The molecular weight excluding hydrogens is 312 g/mol. The van der Waals surface area contributed by atoms with Crippen molar-refractivity contribution in [3.8, 4) is 0 Å². The lowest BCUT2D eigenvalue weighted by Crippen LogP contribution is -2.42. The van der Waals surface area contributed by atoms with Gasteiger partial charge in [-0.05, 0) is 32.2 Å². The van der Waals surface area contributed by atoms with Gasteiger partial charge in [0.05, 0.1) is 26.3 Å². The van der Waals surface area contributed by atoms with Crippen molar-refractivity contribution in [2.75, 3.05) is 40.5 Å². The van der Waals surface area contributed by atoms with E-state index in [1.807, 2.05) is 0 Å². The van der Waals surface area contributed by atoms with Crippen LogP contribution in [-0.2, 0) is 19.1 Å². The highest BCUT2D eigenvalue weighted by Gasteiger charge is 2.20. The highest BCUT2D eigenvalue weighted by atomic mass is 16.5. The molecule has 2 atom stereocenters. The number of aliphatic hydroxyl groups excluding tert-OH is 1. The molecule has 138 valence electrons. The predicted octanol–water partition coefficient (Wildman–Crippen LogP) is -2.80. The first-order chi connectivity index (χ1) is 11.5. The van der Waals surface area contributed by atoms with Gasteiger partial charge < -0.3 is 29.9 Å². The standard InChI is InChI=1S/C14H31B2N3O5/c1-23-13(21)11(17-15)5-8-19(7-3-4-10-20)9-6-12(18-16)14(22)24-2/h11-12,17-18,20H,3-10,15-16H2,1-2H3. The van der Waals surface area contributed by atoms with Crippen molar-refractivity contribution in [3.05, 3.63) is 0 Å². The number of hydrogen-bond donors (Lipinski definition) is 3. The molecule has 0 heterocycles. The minimum absolute atomic E-state index is 0.163. The van der Waals surface area contributed by atoms with Crippen LogP contribution in [0.2, 0.25) is 0 Å². The molecule has 0 radical (unpaired) electrons. The number of rotatable bonds is 14. The molecule has 0 amide bonds. The Morgan fingerprint density at radius 2 is 1.42 bits per heavy atom. The average molecular weight is 343 g/mol. The molecule has 0 aromatic heterocycles. The maximum atomic E-state index is 11.6. The number of unbranched alkanes of at least 4 members (excludes halogenated alkanes) is 1. The number of carbonyl (C=O) groups excluding carboxylic acids is 2. The zero-order valence-electron chi connectivity index (χ0n) is 15.3. The van der Waals surface area contributed by atoms with E-state index in [0.717, 1.165) is 19.4 Å². The number of nitrogens with zero attached hydrogens (tertiary/aromatic N) is 1. The Balaban J connectivity index is 4.55. The van der Waals surface area contributed by atoms with Crippen LogP contribution >= 0.6 is 0 Å². The molecule has 0 fully saturated rings. The number of hydrogen-bond acceptors (Lipinski definition) is 8. The van der Waals surface area contributed by atoms with Gasteiger partial charge in [0.2, 0.25) is 0 Å². The first-order valence-electron chi connectivity index (χ1n) is 8.37. The molecule has 0 aliphatic rings. The molecule has 3 N–H and O–H groups in total. The lowest BCUT2D eigenvalue weighted by Gasteiger charge is -2.26. The second kappa shape index (κ2) is 14.3. The summed E-state index contributed by atoms with van der Waals surface area (Å²) in [5.41, 5.74) is 0. The topological polar surface area (TPSA) is 100 Å².